The van der Waals surface area contributed by atoms with Gasteiger partial charge in [0.25, 0.3) is 5.91 Å². The van der Waals surface area contributed by atoms with Gasteiger partial charge >= 0.3 is 0 Å². The van der Waals surface area contributed by atoms with E-state index in [2.05, 4.69) is 10.3 Å². The summed E-state index contributed by atoms with van der Waals surface area (Å²) in [5.41, 5.74) is 2.50. The molecule has 0 saturated carbocycles. The Labute approximate surface area is 108 Å². The first-order valence-electron chi connectivity index (χ1n) is 6.05. The third-order valence-corrected chi connectivity index (χ3v) is 2.75. The standard InChI is InChI=1S/C15H18N2O/c1-10-6-5-7-11(8-10)9-12-13(18)17-14(16-12)15(2,3)4/h5-9H,1-4H3,(H,16,17,18)/b12-9+. The molecular formula is C15H18N2O. The van der Waals surface area contributed by atoms with Gasteiger partial charge in [-0.3, -0.25) is 4.79 Å². The van der Waals surface area contributed by atoms with E-state index in [1.54, 1.807) is 0 Å². The number of carbonyl (C=O) groups excluding carboxylic acids is 1. The molecular weight excluding hydrogens is 224 g/mol. The monoisotopic (exact) mass is 242 g/mol. The molecule has 0 atom stereocenters. The zero-order chi connectivity index (χ0) is 13.3. The summed E-state index contributed by atoms with van der Waals surface area (Å²) < 4.78 is 0. The largest absolute Gasteiger partial charge is 0.308 e. The predicted octanol–water partition coefficient (Wildman–Crippen LogP) is 2.91. The van der Waals surface area contributed by atoms with Gasteiger partial charge in [-0.2, -0.15) is 0 Å². The zero-order valence-electron chi connectivity index (χ0n) is 11.2. The van der Waals surface area contributed by atoms with Gasteiger partial charge in [-0.05, 0) is 18.6 Å². The summed E-state index contributed by atoms with van der Waals surface area (Å²) in [6, 6.07) is 8.01. The van der Waals surface area contributed by atoms with Crippen LogP contribution in [0.4, 0.5) is 0 Å². The van der Waals surface area contributed by atoms with E-state index >= 15 is 0 Å². The highest BCUT2D eigenvalue weighted by atomic mass is 16.2. The van der Waals surface area contributed by atoms with E-state index in [-0.39, 0.29) is 11.3 Å². The van der Waals surface area contributed by atoms with E-state index in [0.717, 1.165) is 11.4 Å². The van der Waals surface area contributed by atoms with Gasteiger partial charge < -0.3 is 5.32 Å². The zero-order valence-corrected chi connectivity index (χ0v) is 11.2. The van der Waals surface area contributed by atoms with Crippen LogP contribution < -0.4 is 5.32 Å². The molecule has 18 heavy (non-hydrogen) atoms. The summed E-state index contributed by atoms with van der Waals surface area (Å²) in [4.78, 5) is 16.2. The second-order valence-electron chi connectivity index (χ2n) is 5.61. The third kappa shape index (κ3) is 2.67. The maximum Gasteiger partial charge on any atom is 0.275 e. The second kappa shape index (κ2) is 4.41. The third-order valence-electron chi connectivity index (χ3n) is 2.75. The van der Waals surface area contributed by atoms with E-state index in [1.165, 1.54) is 5.56 Å². The molecule has 1 N–H and O–H groups in total. The van der Waals surface area contributed by atoms with Gasteiger partial charge in [-0.1, -0.05) is 50.6 Å². The number of nitrogens with zero attached hydrogens (tertiary/aromatic N) is 1. The van der Waals surface area contributed by atoms with Gasteiger partial charge in [0.05, 0.1) is 0 Å². The molecule has 1 aliphatic heterocycles. The molecule has 1 aromatic carbocycles. The predicted molar refractivity (Wildman–Crippen MR) is 74.2 cm³/mol. The van der Waals surface area contributed by atoms with Crippen LogP contribution in [0, 0.1) is 12.3 Å². The van der Waals surface area contributed by atoms with Gasteiger partial charge in [0.15, 0.2) is 0 Å². The van der Waals surface area contributed by atoms with Crippen molar-refractivity contribution in [2.24, 2.45) is 10.4 Å². The average molecular weight is 242 g/mol. The summed E-state index contributed by atoms with van der Waals surface area (Å²) in [6.45, 7) is 8.12. The van der Waals surface area contributed by atoms with E-state index in [9.17, 15) is 4.79 Å². The minimum Gasteiger partial charge on any atom is -0.308 e. The van der Waals surface area contributed by atoms with Gasteiger partial charge in [-0.15, -0.1) is 0 Å². The number of nitrogens with one attached hydrogen (secondary N) is 1. The molecule has 2 rings (SSSR count). The van der Waals surface area contributed by atoms with Crippen molar-refractivity contribution >= 4 is 17.8 Å². The number of amidine groups is 1. The highest BCUT2D eigenvalue weighted by molar-refractivity contribution is 6.15. The van der Waals surface area contributed by atoms with Crippen LogP contribution in [0.15, 0.2) is 35.0 Å². The van der Waals surface area contributed by atoms with E-state index in [0.29, 0.717) is 5.70 Å². The SMILES string of the molecule is Cc1cccc(/C=C2/N=C(C(C)(C)C)NC2=O)c1. The lowest BCUT2D eigenvalue weighted by Crippen LogP contribution is -2.34. The molecule has 0 aliphatic carbocycles. The Hall–Kier alpha value is -1.90. The van der Waals surface area contributed by atoms with Gasteiger partial charge in [-0.25, -0.2) is 4.99 Å². The van der Waals surface area contributed by atoms with Crippen LogP contribution in [0.2, 0.25) is 0 Å². The van der Waals surface area contributed by atoms with Crippen LogP contribution in [0.3, 0.4) is 0 Å². The molecule has 0 unspecified atom stereocenters. The summed E-state index contributed by atoms with van der Waals surface area (Å²) >= 11 is 0. The van der Waals surface area contributed by atoms with Gasteiger partial charge in [0.1, 0.15) is 11.5 Å². The van der Waals surface area contributed by atoms with E-state index in [1.807, 2.05) is 58.0 Å². The topological polar surface area (TPSA) is 41.5 Å². The van der Waals surface area contributed by atoms with Crippen molar-refractivity contribution in [1.29, 1.82) is 0 Å². The lowest BCUT2D eigenvalue weighted by molar-refractivity contribution is -0.115. The smallest absolute Gasteiger partial charge is 0.275 e. The second-order valence-corrected chi connectivity index (χ2v) is 5.61. The van der Waals surface area contributed by atoms with Crippen molar-refractivity contribution in [3.05, 3.63) is 41.1 Å². The van der Waals surface area contributed by atoms with E-state index < -0.39 is 0 Å². The Bertz CT molecular complexity index is 548. The molecule has 0 radical (unpaired) electrons. The molecule has 3 heteroatoms. The molecule has 1 amide bonds. The maximum atomic E-state index is 11.8. The number of aliphatic imine (C=N–C) groups is 1. The quantitative estimate of drug-likeness (QED) is 0.756. The fourth-order valence-corrected chi connectivity index (χ4v) is 1.74. The number of amides is 1. The Kier molecular flexibility index (Phi) is 3.07. The Morgan fingerprint density at radius 1 is 1.28 bits per heavy atom. The lowest BCUT2D eigenvalue weighted by atomic mass is 9.95. The Balaban J connectivity index is 2.34. The average Bonchev–Trinajstić information content (AvgIpc) is 2.60. The number of hydrogen-bond donors (Lipinski definition) is 1. The first-order valence-corrected chi connectivity index (χ1v) is 6.05. The lowest BCUT2D eigenvalue weighted by Gasteiger charge is -2.16. The molecule has 1 aliphatic rings. The van der Waals surface area contributed by atoms with Gasteiger partial charge in [0, 0.05) is 5.41 Å². The molecule has 0 fully saturated rings. The molecule has 0 spiro atoms. The summed E-state index contributed by atoms with van der Waals surface area (Å²) in [7, 11) is 0. The number of hydrogen-bond acceptors (Lipinski definition) is 2. The molecule has 94 valence electrons. The fraction of sp³-hybridized carbons (Fsp3) is 0.333. The van der Waals surface area contributed by atoms with Crippen molar-refractivity contribution < 1.29 is 4.79 Å². The molecule has 0 aromatic heterocycles. The van der Waals surface area contributed by atoms with Crippen molar-refractivity contribution in [1.82, 2.24) is 5.32 Å². The van der Waals surface area contributed by atoms with Crippen LogP contribution in [-0.4, -0.2) is 11.7 Å². The molecule has 1 heterocycles. The van der Waals surface area contributed by atoms with Crippen molar-refractivity contribution in [3.8, 4) is 0 Å². The van der Waals surface area contributed by atoms with Crippen molar-refractivity contribution in [2.45, 2.75) is 27.7 Å². The molecule has 0 bridgehead atoms. The molecule has 1 aromatic rings. The summed E-state index contributed by atoms with van der Waals surface area (Å²) in [5.74, 6) is 0.604. The highest BCUT2D eigenvalue weighted by Crippen LogP contribution is 2.21. The van der Waals surface area contributed by atoms with Crippen LogP contribution in [0.25, 0.3) is 6.08 Å². The first-order chi connectivity index (χ1) is 8.36. The molecule has 0 saturated heterocycles. The van der Waals surface area contributed by atoms with Crippen LogP contribution in [0.1, 0.15) is 31.9 Å². The Morgan fingerprint density at radius 3 is 2.56 bits per heavy atom. The maximum absolute atomic E-state index is 11.8. The number of rotatable bonds is 1. The van der Waals surface area contributed by atoms with Crippen molar-refractivity contribution in [3.63, 3.8) is 0 Å². The molecule has 3 nitrogen and oxygen atoms in total. The van der Waals surface area contributed by atoms with Crippen LogP contribution in [0.5, 0.6) is 0 Å². The highest BCUT2D eigenvalue weighted by Gasteiger charge is 2.28. The first kappa shape index (κ1) is 12.6. The Morgan fingerprint density at radius 2 is 2.00 bits per heavy atom. The van der Waals surface area contributed by atoms with Crippen LogP contribution >= 0.6 is 0 Å². The van der Waals surface area contributed by atoms with E-state index in [4.69, 9.17) is 0 Å². The van der Waals surface area contributed by atoms with Crippen LogP contribution in [-0.2, 0) is 4.79 Å². The number of aryl methyl sites for hydroxylation is 1. The minimum atomic E-state index is -0.141. The fourth-order valence-electron chi connectivity index (χ4n) is 1.74. The number of benzene rings is 1. The summed E-state index contributed by atoms with van der Waals surface area (Å²) in [5, 5.41) is 2.82. The minimum absolute atomic E-state index is 0.124. The number of carbonyl (C=O) groups is 1. The summed E-state index contributed by atoms with van der Waals surface area (Å²) in [6.07, 6.45) is 1.82. The normalized spacial score (nSPS) is 17.9. The van der Waals surface area contributed by atoms with Gasteiger partial charge in [0.2, 0.25) is 0 Å². The van der Waals surface area contributed by atoms with Crippen molar-refractivity contribution in [2.75, 3.05) is 0 Å².